The molecule has 28 heavy (non-hydrogen) atoms. The van der Waals surface area contributed by atoms with Gasteiger partial charge in [0.25, 0.3) is 0 Å². The van der Waals surface area contributed by atoms with Gasteiger partial charge in [-0.15, -0.1) is 0 Å². The highest BCUT2D eigenvalue weighted by Crippen LogP contribution is 2.48. The van der Waals surface area contributed by atoms with Crippen molar-refractivity contribution in [2.24, 2.45) is 5.41 Å². The third-order valence-corrected chi connectivity index (χ3v) is 5.34. The van der Waals surface area contributed by atoms with E-state index in [9.17, 15) is 9.59 Å². The van der Waals surface area contributed by atoms with Crippen LogP contribution in [0, 0.1) is 5.41 Å². The molecule has 0 saturated carbocycles. The summed E-state index contributed by atoms with van der Waals surface area (Å²) in [4.78, 5) is 27.4. The van der Waals surface area contributed by atoms with Crippen LogP contribution in [0.3, 0.4) is 0 Å². The van der Waals surface area contributed by atoms with Crippen LogP contribution in [0.25, 0.3) is 0 Å². The van der Waals surface area contributed by atoms with E-state index < -0.39 is 6.04 Å². The number of para-hydroxylation sites is 2. The van der Waals surface area contributed by atoms with Crippen LogP contribution in [0.15, 0.2) is 58.3 Å². The Morgan fingerprint density at radius 1 is 1.25 bits per heavy atom. The topological polar surface area (TPSA) is 71.8 Å². The summed E-state index contributed by atoms with van der Waals surface area (Å²) in [5.41, 5.74) is 3.10. The Kier molecular flexibility index (Phi) is 4.49. The van der Waals surface area contributed by atoms with Gasteiger partial charge in [0, 0.05) is 17.7 Å². The first kappa shape index (κ1) is 18.3. The summed E-state index contributed by atoms with van der Waals surface area (Å²) in [6, 6.07) is 10.9. The summed E-state index contributed by atoms with van der Waals surface area (Å²) in [5.74, 6) is 0.324. The number of ketones is 1. The van der Waals surface area contributed by atoms with Gasteiger partial charge in [0.05, 0.1) is 24.7 Å². The van der Waals surface area contributed by atoms with Crippen molar-refractivity contribution in [1.29, 1.82) is 0 Å². The van der Waals surface area contributed by atoms with E-state index in [1.165, 1.54) is 7.11 Å². The molecule has 1 unspecified atom stereocenters. The third-order valence-electron chi connectivity index (χ3n) is 5.34. The number of carbonyl (C=O) groups excluding carboxylic acids is 2. The number of allylic oxidation sites excluding steroid dienone is 1. The molecule has 146 valence electrons. The molecule has 1 aromatic heterocycles. The molecule has 1 aliphatic carbocycles. The molecule has 4 rings (SSSR count). The second-order valence-corrected chi connectivity index (χ2v) is 8.10. The summed E-state index contributed by atoms with van der Waals surface area (Å²) < 4.78 is 10.7. The van der Waals surface area contributed by atoms with Crippen molar-refractivity contribution < 1.29 is 18.7 Å². The van der Waals surface area contributed by atoms with Gasteiger partial charge in [0.15, 0.2) is 5.78 Å². The fourth-order valence-electron chi connectivity index (χ4n) is 4.17. The molecular formula is C22H24N2O4. The number of anilines is 2. The molecule has 0 spiro atoms. The van der Waals surface area contributed by atoms with Crippen molar-refractivity contribution in [3.8, 4) is 0 Å². The van der Waals surface area contributed by atoms with E-state index in [1.807, 2.05) is 35.2 Å². The Balaban J connectivity index is 1.94. The number of nitrogens with zero attached hydrogens (tertiary/aromatic N) is 1. The lowest BCUT2D eigenvalue weighted by Gasteiger charge is -2.36. The average Bonchev–Trinajstić information content (AvgIpc) is 3.13. The lowest BCUT2D eigenvalue weighted by Crippen LogP contribution is -2.38. The molecule has 0 radical (unpaired) electrons. The maximum Gasteiger partial charge on any atom is 0.325 e. The van der Waals surface area contributed by atoms with Crippen LogP contribution in [-0.4, -0.2) is 25.4 Å². The lowest BCUT2D eigenvalue weighted by atomic mass is 9.74. The molecule has 0 bridgehead atoms. The molecule has 1 aromatic carbocycles. The molecule has 1 N–H and O–H groups in total. The second-order valence-electron chi connectivity index (χ2n) is 8.10. The molecule has 2 heterocycles. The second kappa shape index (κ2) is 6.86. The molecule has 1 aliphatic heterocycles. The Morgan fingerprint density at radius 2 is 2.04 bits per heavy atom. The number of fused-ring (bicyclic) bond motifs is 1. The smallest absolute Gasteiger partial charge is 0.325 e. The van der Waals surface area contributed by atoms with E-state index in [4.69, 9.17) is 9.15 Å². The highest BCUT2D eigenvalue weighted by Gasteiger charge is 2.42. The molecule has 6 heteroatoms. The van der Waals surface area contributed by atoms with Gasteiger partial charge in [0.2, 0.25) is 0 Å². The highest BCUT2D eigenvalue weighted by atomic mass is 16.5. The van der Waals surface area contributed by atoms with Crippen molar-refractivity contribution in [3.63, 3.8) is 0 Å². The van der Waals surface area contributed by atoms with Crippen LogP contribution >= 0.6 is 0 Å². The Hall–Kier alpha value is -3.02. The largest absolute Gasteiger partial charge is 0.468 e. The van der Waals surface area contributed by atoms with Crippen LogP contribution in [-0.2, 0) is 14.3 Å². The zero-order valence-electron chi connectivity index (χ0n) is 16.3. The summed E-state index contributed by atoms with van der Waals surface area (Å²) in [5, 5.41) is 3.48. The average molecular weight is 380 g/mol. The number of ether oxygens (including phenoxy) is 1. The minimum atomic E-state index is -0.496. The maximum absolute atomic E-state index is 13.3. The van der Waals surface area contributed by atoms with Gasteiger partial charge in [-0.3, -0.25) is 9.59 Å². The number of rotatable bonds is 3. The molecule has 1 atom stereocenters. The molecule has 2 aromatic rings. The van der Waals surface area contributed by atoms with Gasteiger partial charge in [-0.25, -0.2) is 0 Å². The van der Waals surface area contributed by atoms with Gasteiger partial charge in [-0.1, -0.05) is 26.0 Å². The molecule has 2 aliphatic rings. The van der Waals surface area contributed by atoms with Crippen molar-refractivity contribution >= 4 is 23.1 Å². The van der Waals surface area contributed by atoms with Crippen LogP contribution < -0.4 is 10.2 Å². The number of furan rings is 1. The number of Topliss-reactive ketones (excluding diaryl/α,β-unsaturated/α-hetero) is 1. The minimum absolute atomic E-state index is 0.00795. The van der Waals surface area contributed by atoms with E-state index in [1.54, 1.807) is 12.3 Å². The van der Waals surface area contributed by atoms with Gasteiger partial charge < -0.3 is 19.4 Å². The number of hydrogen-bond acceptors (Lipinski definition) is 6. The fourth-order valence-corrected chi connectivity index (χ4v) is 4.17. The van der Waals surface area contributed by atoms with Crippen molar-refractivity contribution in [1.82, 2.24) is 0 Å². The zero-order valence-corrected chi connectivity index (χ0v) is 16.3. The standard InChI is InChI=1S/C22H24N2O4/c1-22(2)11-15-20(17(25)12-22)21(18-9-6-10-28-18)24(13-19(26)27-3)16-8-5-4-7-14(16)23-15/h4-10,21,23H,11-13H2,1-3H3. The van der Waals surface area contributed by atoms with Crippen molar-refractivity contribution in [3.05, 3.63) is 59.7 Å². The number of benzene rings is 1. The first-order valence-corrected chi connectivity index (χ1v) is 9.39. The van der Waals surface area contributed by atoms with E-state index >= 15 is 0 Å². The lowest BCUT2D eigenvalue weighted by molar-refractivity contribution is -0.139. The number of nitrogens with one attached hydrogen (secondary N) is 1. The number of esters is 1. The monoisotopic (exact) mass is 380 g/mol. The summed E-state index contributed by atoms with van der Waals surface area (Å²) in [6.45, 7) is 4.20. The number of hydrogen-bond donors (Lipinski definition) is 1. The normalized spacial score (nSPS) is 20.8. The Bertz CT molecular complexity index is 943. The van der Waals surface area contributed by atoms with Gasteiger partial charge in [-0.2, -0.15) is 0 Å². The van der Waals surface area contributed by atoms with Crippen molar-refractivity contribution in [2.45, 2.75) is 32.7 Å². The summed E-state index contributed by atoms with van der Waals surface area (Å²) in [7, 11) is 1.37. The van der Waals surface area contributed by atoms with Crippen LogP contribution in [0.2, 0.25) is 0 Å². The van der Waals surface area contributed by atoms with E-state index in [2.05, 4.69) is 19.2 Å². The van der Waals surface area contributed by atoms with E-state index in [-0.39, 0.29) is 23.7 Å². The van der Waals surface area contributed by atoms with Gasteiger partial charge >= 0.3 is 5.97 Å². The van der Waals surface area contributed by atoms with Gasteiger partial charge in [0.1, 0.15) is 18.3 Å². The zero-order chi connectivity index (χ0) is 19.9. The summed E-state index contributed by atoms with van der Waals surface area (Å²) >= 11 is 0. The fraction of sp³-hybridized carbons (Fsp3) is 0.364. The van der Waals surface area contributed by atoms with Gasteiger partial charge in [-0.05, 0) is 36.1 Å². The number of methoxy groups -OCH3 is 1. The Morgan fingerprint density at radius 3 is 2.75 bits per heavy atom. The van der Waals surface area contributed by atoms with Crippen LogP contribution in [0.1, 0.15) is 38.5 Å². The molecular weight excluding hydrogens is 356 g/mol. The van der Waals surface area contributed by atoms with Crippen LogP contribution in [0.5, 0.6) is 0 Å². The first-order valence-electron chi connectivity index (χ1n) is 9.39. The molecule has 6 nitrogen and oxygen atoms in total. The molecule has 0 fully saturated rings. The first-order chi connectivity index (χ1) is 13.4. The predicted molar refractivity (Wildman–Crippen MR) is 106 cm³/mol. The Labute approximate surface area is 164 Å². The number of carbonyl (C=O) groups is 2. The minimum Gasteiger partial charge on any atom is -0.468 e. The van der Waals surface area contributed by atoms with E-state index in [0.29, 0.717) is 17.8 Å². The highest BCUT2D eigenvalue weighted by molar-refractivity contribution is 6.01. The molecule has 0 amide bonds. The summed E-state index contributed by atoms with van der Waals surface area (Å²) in [6.07, 6.45) is 2.78. The van der Waals surface area contributed by atoms with Crippen molar-refractivity contribution in [2.75, 3.05) is 23.9 Å². The van der Waals surface area contributed by atoms with E-state index in [0.717, 1.165) is 23.5 Å². The van der Waals surface area contributed by atoms with Crippen LogP contribution in [0.4, 0.5) is 11.4 Å². The SMILES string of the molecule is COC(=O)CN1c2ccccc2NC2=C(C(=O)CC(C)(C)C2)C1c1ccco1. The predicted octanol–water partition coefficient (Wildman–Crippen LogP) is 4.07. The quantitative estimate of drug-likeness (QED) is 0.810. The molecule has 0 saturated heterocycles. The maximum atomic E-state index is 13.3. The third kappa shape index (κ3) is 3.19.